The molecule has 0 atom stereocenters. The van der Waals surface area contributed by atoms with Gasteiger partial charge in [0.1, 0.15) is 0 Å². The molecule has 0 aromatic carbocycles. The Hall–Kier alpha value is 0.310. The Labute approximate surface area is 76.2 Å². The lowest BCUT2D eigenvalue weighted by Crippen LogP contribution is -2.01. The topological polar surface area (TPSA) is 27.7 Å². The normalized spacial score (nSPS) is 11.0. The second-order valence-electron chi connectivity index (χ2n) is 2.14. The fraction of sp³-hybridized carbons (Fsp3) is 1.00. The first-order valence-electron chi connectivity index (χ1n) is 4.38. The molecule has 0 spiro atoms. The van der Waals surface area contributed by atoms with Crippen molar-refractivity contribution in [1.29, 1.82) is 0 Å². The van der Waals surface area contributed by atoms with Gasteiger partial charge in [-0.15, -0.1) is 0 Å². The van der Waals surface area contributed by atoms with Crippen molar-refractivity contribution in [2.45, 2.75) is 20.8 Å². The van der Waals surface area contributed by atoms with E-state index in [4.69, 9.17) is 14.0 Å². The molecule has 0 unspecified atom stereocenters. The maximum atomic E-state index is 5.46. The van der Waals surface area contributed by atoms with E-state index in [1.165, 1.54) is 0 Å². The van der Waals surface area contributed by atoms with Crippen LogP contribution in [0.1, 0.15) is 20.8 Å². The lowest BCUT2D eigenvalue weighted by molar-refractivity contribution is 0.161. The molecular formula is C8H19O3P. The molecule has 74 valence electrons. The van der Waals surface area contributed by atoms with Gasteiger partial charge in [0.05, 0.1) is 20.8 Å². The molecule has 0 radical (unpaired) electrons. The Morgan fingerprint density at radius 1 is 0.833 bits per heavy atom. The molecule has 3 nitrogen and oxygen atoms in total. The molecule has 0 bridgehead atoms. The molecule has 0 N–H and O–H groups in total. The van der Waals surface area contributed by atoms with E-state index in [1.54, 1.807) is 0 Å². The molecule has 0 aliphatic carbocycles. The van der Waals surface area contributed by atoms with Gasteiger partial charge in [0.15, 0.2) is 0 Å². The molecule has 0 rings (SSSR count). The fourth-order valence-electron chi connectivity index (χ4n) is 0.681. The number of hydrogen-bond donors (Lipinski definition) is 0. The van der Waals surface area contributed by atoms with Crippen molar-refractivity contribution in [2.75, 3.05) is 32.5 Å². The smallest absolute Gasteiger partial charge is 0.0928 e. The average Bonchev–Trinajstić information content (AvgIpc) is 2.10. The minimum absolute atomic E-state index is 0.517. The number of hydrogen-bond acceptors (Lipinski definition) is 3. The maximum Gasteiger partial charge on any atom is 0.0928 e. The molecule has 0 aliphatic heterocycles. The van der Waals surface area contributed by atoms with E-state index in [1.807, 2.05) is 20.8 Å². The molecule has 0 aromatic heterocycles. The quantitative estimate of drug-likeness (QED) is 0.555. The van der Waals surface area contributed by atoms with Crippen molar-refractivity contribution in [2.24, 2.45) is 0 Å². The van der Waals surface area contributed by atoms with Crippen LogP contribution in [0, 0.1) is 0 Å². The summed E-state index contributed by atoms with van der Waals surface area (Å²) in [5.74, 6) is 0. The second-order valence-corrected chi connectivity index (χ2v) is 3.88. The van der Waals surface area contributed by atoms with Gasteiger partial charge in [-0.2, -0.15) is 0 Å². The minimum Gasteiger partial charge on any atom is -0.375 e. The highest BCUT2D eigenvalue weighted by molar-refractivity contribution is 7.52. The summed E-state index contributed by atoms with van der Waals surface area (Å²) in [5, 5.41) is 0. The van der Waals surface area contributed by atoms with Crippen LogP contribution < -0.4 is 0 Å². The molecule has 0 amide bonds. The van der Waals surface area contributed by atoms with E-state index in [0.29, 0.717) is 12.7 Å². The molecular weight excluding hydrogens is 175 g/mol. The van der Waals surface area contributed by atoms with Crippen LogP contribution in [0.2, 0.25) is 0 Å². The molecule has 0 heterocycles. The summed E-state index contributed by atoms with van der Waals surface area (Å²) >= 11 is 0. The van der Waals surface area contributed by atoms with Gasteiger partial charge < -0.3 is 14.0 Å². The van der Waals surface area contributed by atoms with Crippen LogP contribution >= 0.6 is 8.15 Å². The summed E-state index contributed by atoms with van der Waals surface area (Å²) in [6.07, 6.45) is 1.39. The monoisotopic (exact) mass is 194 g/mol. The second kappa shape index (κ2) is 9.40. The van der Waals surface area contributed by atoms with Gasteiger partial charge in [-0.05, 0) is 20.8 Å². The average molecular weight is 194 g/mol. The molecule has 0 aliphatic rings. The summed E-state index contributed by atoms with van der Waals surface area (Å²) in [7, 11) is -0.517. The van der Waals surface area contributed by atoms with Gasteiger partial charge in [0, 0.05) is 19.8 Å². The maximum absolute atomic E-state index is 5.46. The summed E-state index contributed by atoms with van der Waals surface area (Å²) in [4.78, 5) is 0. The van der Waals surface area contributed by atoms with E-state index in [0.717, 1.165) is 19.8 Å². The fourth-order valence-corrected chi connectivity index (χ4v) is 2.04. The zero-order valence-corrected chi connectivity index (χ0v) is 9.10. The van der Waals surface area contributed by atoms with Crippen molar-refractivity contribution >= 4 is 8.15 Å². The summed E-state index contributed by atoms with van der Waals surface area (Å²) in [6, 6.07) is 0. The predicted octanol–water partition coefficient (Wildman–Crippen LogP) is 2.41. The highest BCUT2D eigenvalue weighted by atomic mass is 31.1. The molecule has 0 saturated heterocycles. The van der Waals surface area contributed by atoms with Gasteiger partial charge in [0.2, 0.25) is 0 Å². The van der Waals surface area contributed by atoms with Gasteiger partial charge in [-0.3, -0.25) is 0 Å². The Kier molecular flexibility index (Phi) is 9.64. The van der Waals surface area contributed by atoms with Gasteiger partial charge in [-0.25, -0.2) is 0 Å². The van der Waals surface area contributed by atoms with Crippen LogP contribution in [-0.4, -0.2) is 32.5 Å². The molecule has 0 fully saturated rings. The van der Waals surface area contributed by atoms with Crippen molar-refractivity contribution in [3.8, 4) is 0 Å². The first kappa shape index (κ1) is 12.3. The Morgan fingerprint density at radius 3 is 1.67 bits per heavy atom. The third-order valence-electron chi connectivity index (χ3n) is 1.19. The molecule has 4 heteroatoms. The van der Waals surface area contributed by atoms with Crippen molar-refractivity contribution < 1.29 is 14.0 Å². The van der Waals surface area contributed by atoms with Crippen LogP contribution in [-0.2, 0) is 14.0 Å². The number of ether oxygens (including phenoxy) is 2. The van der Waals surface area contributed by atoms with Crippen molar-refractivity contribution in [3.63, 3.8) is 0 Å². The van der Waals surface area contributed by atoms with Gasteiger partial charge in [0.25, 0.3) is 0 Å². The third-order valence-corrected chi connectivity index (χ3v) is 2.75. The minimum atomic E-state index is -0.517. The van der Waals surface area contributed by atoms with Crippen LogP contribution in [0.3, 0.4) is 0 Å². The zero-order chi connectivity index (χ0) is 9.23. The lowest BCUT2D eigenvalue weighted by atomic mass is 10.9. The Bertz CT molecular complexity index is 82.4. The standard InChI is InChI=1S/C8H19O3P/c1-4-9-7-12(11-6-3)8-10-5-2/h4-8H2,1-3H3. The highest BCUT2D eigenvalue weighted by Gasteiger charge is 2.07. The van der Waals surface area contributed by atoms with E-state index >= 15 is 0 Å². The molecule has 12 heavy (non-hydrogen) atoms. The van der Waals surface area contributed by atoms with E-state index in [-0.39, 0.29) is 0 Å². The van der Waals surface area contributed by atoms with Crippen molar-refractivity contribution in [3.05, 3.63) is 0 Å². The molecule has 0 saturated carbocycles. The Morgan fingerprint density at radius 2 is 1.33 bits per heavy atom. The first-order chi connectivity index (χ1) is 5.85. The van der Waals surface area contributed by atoms with Crippen molar-refractivity contribution in [1.82, 2.24) is 0 Å². The molecule has 0 aromatic rings. The zero-order valence-electron chi connectivity index (χ0n) is 8.21. The SMILES string of the molecule is CCOCP(COCC)OCC. The van der Waals surface area contributed by atoms with Gasteiger partial charge >= 0.3 is 0 Å². The van der Waals surface area contributed by atoms with Crippen LogP contribution in [0.15, 0.2) is 0 Å². The predicted molar refractivity (Wildman–Crippen MR) is 51.5 cm³/mol. The van der Waals surface area contributed by atoms with E-state index in [9.17, 15) is 0 Å². The van der Waals surface area contributed by atoms with Crippen LogP contribution in [0.4, 0.5) is 0 Å². The lowest BCUT2D eigenvalue weighted by Gasteiger charge is -2.15. The third kappa shape index (κ3) is 6.99. The first-order valence-corrected chi connectivity index (χ1v) is 6.01. The highest BCUT2D eigenvalue weighted by Crippen LogP contribution is 2.36. The van der Waals surface area contributed by atoms with E-state index in [2.05, 4.69) is 0 Å². The largest absolute Gasteiger partial charge is 0.375 e. The Balaban J connectivity index is 3.40. The van der Waals surface area contributed by atoms with Gasteiger partial charge in [-0.1, -0.05) is 0 Å². The van der Waals surface area contributed by atoms with E-state index < -0.39 is 8.15 Å². The van der Waals surface area contributed by atoms with Crippen LogP contribution in [0.25, 0.3) is 0 Å². The van der Waals surface area contributed by atoms with Crippen LogP contribution in [0.5, 0.6) is 0 Å². The number of rotatable bonds is 8. The summed E-state index contributed by atoms with van der Waals surface area (Å²) in [6.45, 7) is 8.20. The summed E-state index contributed by atoms with van der Waals surface area (Å²) < 4.78 is 16.0. The summed E-state index contributed by atoms with van der Waals surface area (Å²) in [5.41, 5.74) is 0.